The number of ether oxygens (including phenoxy) is 7. The number of nitrogen functional groups attached to an aromatic ring is 1. The minimum Gasteiger partial charge on any atom is -0.495 e. The van der Waals surface area contributed by atoms with Crippen molar-refractivity contribution in [1.82, 2.24) is 24.7 Å². The van der Waals surface area contributed by atoms with E-state index >= 15 is 0 Å². The lowest BCUT2D eigenvalue weighted by molar-refractivity contribution is -0.124. The molecule has 0 aliphatic carbocycles. The van der Waals surface area contributed by atoms with E-state index in [-0.39, 0.29) is 96.8 Å². The Bertz CT molecular complexity index is 5850. The second kappa shape index (κ2) is 42.0. The summed E-state index contributed by atoms with van der Waals surface area (Å²) in [7, 11) is 5.52. The highest BCUT2D eigenvalue weighted by Crippen LogP contribution is 2.42. The Morgan fingerprint density at radius 2 is 0.762 bits per heavy atom. The van der Waals surface area contributed by atoms with Crippen molar-refractivity contribution >= 4 is 151 Å². The molecule has 2 aromatic heterocycles. The summed E-state index contributed by atoms with van der Waals surface area (Å²) >= 11 is 0. The van der Waals surface area contributed by atoms with E-state index in [9.17, 15) is 43.8 Å². The van der Waals surface area contributed by atoms with E-state index in [4.69, 9.17) is 48.9 Å². The number of carbonyl (C=O) groups is 7. The Labute approximate surface area is 766 Å². The third-order valence-corrected chi connectivity index (χ3v) is 23.5. The number of aromatic hydroxyl groups is 2. The maximum atomic E-state index is 13.3. The number of morpholine rings is 3. The number of nitrogens with zero attached hydrogens (tertiary/aromatic N) is 8. The van der Waals surface area contributed by atoms with E-state index in [1.165, 1.54) is 34.0 Å². The van der Waals surface area contributed by atoms with Gasteiger partial charge in [-0.2, -0.15) is 0 Å². The zero-order chi connectivity index (χ0) is 90.1. The number of H-pyrrole nitrogens is 2. The van der Waals surface area contributed by atoms with Gasteiger partial charge in [-0.05, 0) is 168 Å². The van der Waals surface area contributed by atoms with Gasteiger partial charge in [-0.1, -0.05) is 109 Å². The molecule has 7 N–H and O–H groups in total. The molecule has 7 aliphatic rings. The number of nitrogens with two attached hydrogens (primary N) is 1. The molecule has 6 unspecified atom stereocenters. The van der Waals surface area contributed by atoms with Crippen molar-refractivity contribution in [3.8, 4) is 11.8 Å². The van der Waals surface area contributed by atoms with Gasteiger partial charge in [-0.25, -0.2) is 24.4 Å². The first-order chi connectivity index (χ1) is 61.8. The molecule has 6 atom stereocenters. The highest BCUT2D eigenvalue weighted by atomic mass is 35.5. The summed E-state index contributed by atoms with van der Waals surface area (Å²) in [6.45, 7) is 20.1. The van der Waals surface area contributed by atoms with Gasteiger partial charge in [0.15, 0.2) is 11.8 Å². The van der Waals surface area contributed by atoms with Gasteiger partial charge >= 0.3 is 17.9 Å². The highest BCUT2D eigenvalue weighted by molar-refractivity contribution is 6.36. The molecular weight excluding hydrogens is 1700 g/mol. The predicted octanol–water partition coefficient (Wildman–Crippen LogP) is 14.7. The van der Waals surface area contributed by atoms with Crippen LogP contribution >= 0.6 is 24.8 Å². The molecule has 3 fully saturated rings. The van der Waals surface area contributed by atoms with Gasteiger partial charge in [0, 0.05) is 126 Å². The number of nitrogens with one attached hydrogen (secondary N) is 3. The smallest absolute Gasteiger partial charge is 0.337 e. The number of amides is 4. The zero-order valence-electron chi connectivity index (χ0n) is 74.2. The number of hydrogen-bond donors (Lipinski definition) is 6. The molecule has 0 spiro atoms. The van der Waals surface area contributed by atoms with Crippen molar-refractivity contribution in [2.75, 3.05) is 133 Å². The summed E-state index contributed by atoms with van der Waals surface area (Å²) in [5, 5.41) is 26.3. The van der Waals surface area contributed by atoms with Crippen LogP contribution in [0.3, 0.4) is 0 Å². The molecule has 7 aliphatic heterocycles. The molecule has 0 saturated carbocycles. The van der Waals surface area contributed by atoms with Crippen LogP contribution in [0.25, 0.3) is 33.1 Å². The highest BCUT2D eigenvalue weighted by Gasteiger charge is 2.36. The number of hydrogen-bond acceptors (Lipinski definition) is 22. The number of benzene rings is 9. The number of halogens is 2. The van der Waals surface area contributed by atoms with Crippen molar-refractivity contribution in [3.63, 3.8) is 0 Å². The third kappa shape index (κ3) is 21.4. The average Bonchev–Trinajstić information content (AvgIpc) is 1.61. The zero-order valence-corrected chi connectivity index (χ0v) is 75.8. The largest absolute Gasteiger partial charge is 0.495 e. The molecule has 9 aromatic carbocycles. The van der Waals surface area contributed by atoms with Crippen molar-refractivity contribution in [3.05, 3.63) is 267 Å². The number of anilines is 5. The normalized spacial score (nSPS) is 19.2. The van der Waals surface area contributed by atoms with Crippen LogP contribution in [0.2, 0.25) is 0 Å². The molecule has 28 nitrogen and oxygen atoms in total. The fourth-order valence-corrected chi connectivity index (χ4v) is 18.1. The summed E-state index contributed by atoms with van der Waals surface area (Å²) < 4.78 is 37.2. The van der Waals surface area contributed by atoms with Gasteiger partial charge in [-0.15, -0.1) is 24.8 Å². The van der Waals surface area contributed by atoms with Crippen LogP contribution in [0.5, 0.6) is 11.8 Å². The van der Waals surface area contributed by atoms with Crippen molar-refractivity contribution in [2.24, 2.45) is 9.98 Å². The monoisotopic (exact) mass is 1800 g/mol. The third-order valence-electron chi connectivity index (χ3n) is 23.5. The van der Waals surface area contributed by atoms with Crippen LogP contribution < -0.4 is 25.8 Å². The van der Waals surface area contributed by atoms with Crippen LogP contribution in [0.4, 0.5) is 39.8 Å². The van der Waals surface area contributed by atoms with Gasteiger partial charge in [0.25, 0.3) is 5.91 Å². The molecule has 130 heavy (non-hydrogen) atoms. The fraction of sp³-hybridized carbons (Fsp3) is 0.310. The fourth-order valence-electron chi connectivity index (χ4n) is 18.1. The molecule has 678 valence electrons. The second-order valence-electron chi connectivity index (χ2n) is 33.1. The number of fused-ring (bicyclic) bond motifs is 6. The van der Waals surface area contributed by atoms with Gasteiger partial charge in [0.1, 0.15) is 5.76 Å². The van der Waals surface area contributed by atoms with Gasteiger partial charge in [0.2, 0.25) is 17.7 Å². The second-order valence-corrected chi connectivity index (χ2v) is 33.1. The Balaban J connectivity index is 0.000000153. The lowest BCUT2D eigenvalue weighted by Gasteiger charge is -2.35. The summed E-state index contributed by atoms with van der Waals surface area (Å²) in [5.74, 6) is -0.866. The molecule has 3 saturated heterocycles. The number of aromatic nitrogens is 2. The molecule has 18 rings (SSSR count). The van der Waals surface area contributed by atoms with Gasteiger partial charge in [-0.3, -0.25) is 33.9 Å². The van der Waals surface area contributed by atoms with E-state index < -0.39 is 17.9 Å². The molecule has 4 amide bonds. The van der Waals surface area contributed by atoms with Crippen molar-refractivity contribution < 1.29 is 76.9 Å². The van der Waals surface area contributed by atoms with Gasteiger partial charge < -0.3 is 79.1 Å². The molecule has 11 aromatic rings. The van der Waals surface area contributed by atoms with Crippen molar-refractivity contribution in [1.29, 1.82) is 0 Å². The van der Waals surface area contributed by atoms with Crippen molar-refractivity contribution in [2.45, 2.75) is 97.4 Å². The molecule has 0 bridgehead atoms. The molecule has 0 radical (unpaired) electrons. The number of esters is 3. The SMILES string of the molecule is CC1CN(CC(=O)N2CCc3cc(N)ccc32)CC(C)O1.COC(=O)c1ccc2c(C(=Nc3ccc4c(c3)CCN4C(=O)CN3CC(C)OC(C)C3)c3ccccc3)c(O)[nH]c2c1.COC(=O)c1ccc2c(C(=Nc3ccc4c(c3)CCN4C(=O)CN3CC(C)OC(C)C3)c3ccccc3)c(O)[nH]c2c1.COC(=O)c1ccc2c(c1)NC(=O)/C2=C(\OC)c1ccccc1.Cl.Cl. The predicted molar refractivity (Wildman–Crippen MR) is 509 cm³/mol. The quantitative estimate of drug-likeness (QED) is 0.0123. The summed E-state index contributed by atoms with van der Waals surface area (Å²) in [6, 6.07) is 61.5. The minimum atomic E-state index is -0.454. The number of aliphatic imine (C=N–C) groups is 2. The van der Waals surface area contributed by atoms with Crippen LogP contribution in [-0.4, -0.2) is 231 Å². The number of aromatic amines is 2. The average molecular weight is 1800 g/mol. The van der Waals surface area contributed by atoms with Crippen LogP contribution in [0.1, 0.15) is 123 Å². The van der Waals surface area contributed by atoms with Crippen LogP contribution in [-0.2, 0) is 71.6 Å². The molecular formula is C100H108Cl2N12O16. The standard InChI is InChI=1S/2C33H34N4O5.C18H15NO4.C16H23N3O2.2ClH/c2*1-20-17-36(18-21(2)42-20)19-29(38)37-14-13-23-15-25(10-12-28(23)37)34-31(22-7-5-4-6-8-22)30-26-11-9-24(33(40)41-3)16-27(26)35-32(30)39;1-22-16(11-6-4-3-5-7-11)15-13-9-8-12(18(21)23-2)10-14(13)19-17(15)20;1-11-8-18(9-12(2)21-11)10-16(20)19-6-5-13-7-14(17)3-4-15(13)19;;/h2*4-12,15-16,20-21,35,39H,13-14,17-19H2,1-3H3;3-10H,1-2H3,(H,19,20);3-4,7,11-12H,5-6,8-10,17H2,1-2H3;2*1H/b;;16-15-;;;. The first-order valence-corrected chi connectivity index (χ1v) is 43.0. The number of methoxy groups -OCH3 is 4. The van der Waals surface area contributed by atoms with Gasteiger partial charge in [0.05, 0.1) is 147 Å². The molecule has 9 heterocycles. The van der Waals surface area contributed by atoms with E-state index in [0.29, 0.717) is 106 Å². The van der Waals surface area contributed by atoms with Crippen LogP contribution in [0, 0.1) is 0 Å². The lowest BCUT2D eigenvalue weighted by Crippen LogP contribution is -2.49. The Hall–Kier alpha value is -13.0. The van der Waals surface area contributed by atoms with E-state index in [0.717, 1.165) is 138 Å². The van der Waals surface area contributed by atoms with E-state index in [1.807, 2.05) is 188 Å². The maximum Gasteiger partial charge on any atom is 0.337 e. The summed E-state index contributed by atoms with van der Waals surface area (Å²) in [4.78, 5) is 116. The summed E-state index contributed by atoms with van der Waals surface area (Å²) in [5.41, 5.74) is 22.9. The lowest BCUT2D eigenvalue weighted by atomic mass is 10.00. The first-order valence-electron chi connectivity index (χ1n) is 43.0. The van der Waals surface area contributed by atoms with E-state index in [1.54, 1.807) is 54.6 Å². The maximum absolute atomic E-state index is 13.3. The Kier molecular flexibility index (Phi) is 30.6. The summed E-state index contributed by atoms with van der Waals surface area (Å²) in [6.07, 6.45) is 3.19. The first kappa shape index (κ1) is 94.6. The van der Waals surface area contributed by atoms with E-state index in [2.05, 4.69) is 43.8 Å². The topological polar surface area (TPSA) is 338 Å². The Morgan fingerprint density at radius 3 is 1.13 bits per heavy atom. The Morgan fingerprint density at radius 1 is 0.415 bits per heavy atom. The molecule has 30 heteroatoms. The number of rotatable bonds is 17. The minimum absolute atomic E-state index is 0. The van der Waals surface area contributed by atoms with Crippen LogP contribution in [0.15, 0.2) is 210 Å². The number of carbonyl (C=O) groups excluding carboxylic acids is 7.